The number of unbranched alkanes of at least 4 members (excludes halogenated alkanes) is 1. The van der Waals surface area contributed by atoms with Gasteiger partial charge >= 0.3 is 0 Å². The van der Waals surface area contributed by atoms with Crippen LogP contribution >= 0.6 is 0 Å². The summed E-state index contributed by atoms with van der Waals surface area (Å²) in [6.07, 6.45) is 2.96. The minimum atomic E-state index is -0.00389. The average Bonchev–Trinajstić information content (AvgIpc) is 2.38. The van der Waals surface area contributed by atoms with E-state index in [0.29, 0.717) is 5.56 Å². The maximum absolute atomic E-state index is 11.8. The Labute approximate surface area is 103 Å². The number of aryl methyl sites for hydroxylation is 1. The van der Waals surface area contributed by atoms with Crippen molar-refractivity contribution in [2.75, 3.05) is 13.7 Å². The molecule has 0 radical (unpaired) electrons. The first-order valence-corrected chi connectivity index (χ1v) is 6.18. The molecule has 0 aromatic heterocycles. The zero-order valence-corrected chi connectivity index (χ0v) is 10.9. The van der Waals surface area contributed by atoms with Crippen LogP contribution in [0.5, 0.6) is 5.75 Å². The van der Waals surface area contributed by atoms with Gasteiger partial charge in [-0.15, -0.1) is 0 Å². The Morgan fingerprint density at radius 1 is 1.35 bits per heavy atom. The number of rotatable bonds is 6. The molecule has 1 amide bonds. The summed E-state index contributed by atoms with van der Waals surface area (Å²) in [5.74, 6) is 0.841. The molecular weight excluding hydrogens is 214 g/mol. The molecule has 0 fully saturated rings. The third-order valence-electron chi connectivity index (χ3n) is 2.74. The van der Waals surface area contributed by atoms with Crippen molar-refractivity contribution < 1.29 is 9.53 Å². The van der Waals surface area contributed by atoms with Gasteiger partial charge < -0.3 is 10.1 Å². The molecule has 0 aliphatic carbocycles. The van der Waals surface area contributed by atoms with Crippen LogP contribution < -0.4 is 10.1 Å². The molecule has 0 heterocycles. The number of ether oxygens (including phenoxy) is 1. The van der Waals surface area contributed by atoms with Crippen molar-refractivity contribution in [3.05, 3.63) is 29.3 Å². The maximum Gasteiger partial charge on any atom is 0.251 e. The summed E-state index contributed by atoms with van der Waals surface area (Å²) < 4.78 is 5.24. The Balaban J connectivity index is 2.74. The fraction of sp³-hybridized carbons (Fsp3) is 0.500. The van der Waals surface area contributed by atoms with E-state index in [2.05, 4.69) is 19.2 Å². The van der Waals surface area contributed by atoms with Crippen LogP contribution in [-0.2, 0) is 6.42 Å². The van der Waals surface area contributed by atoms with Crippen LogP contribution in [0.25, 0.3) is 0 Å². The predicted molar refractivity (Wildman–Crippen MR) is 69.6 cm³/mol. The fourth-order valence-electron chi connectivity index (χ4n) is 1.68. The van der Waals surface area contributed by atoms with Crippen LogP contribution in [0.3, 0.4) is 0 Å². The van der Waals surface area contributed by atoms with Crippen molar-refractivity contribution in [2.24, 2.45) is 0 Å². The van der Waals surface area contributed by atoms with Gasteiger partial charge in [-0.1, -0.05) is 20.3 Å². The molecule has 17 heavy (non-hydrogen) atoms. The molecule has 0 aliphatic rings. The van der Waals surface area contributed by atoms with Gasteiger partial charge in [0.25, 0.3) is 5.91 Å². The lowest BCUT2D eigenvalue weighted by Crippen LogP contribution is -2.24. The minimum absolute atomic E-state index is 0.00389. The van der Waals surface area contributed by atoms with Gasteiger partial charge in [-0.2, -0.15) is 0 Å². The van der Waals surface area contributed by atoms with Crippen LogP contribution in [0, 0.1) is 0 Å². The first-order chi connectivity index (χ1) is 8.22. The first-order valence-electron chi connectivity index (χ1n) is 6.18. The van der Waals surface area contributed by atoms with E-state index in [4.69, 9.17) is 4.74 Å². The van der Waals surface area contributed by atoms with Gasteiger partial charge in [0, 0.05) is 12.1 Å². The van der Waals surface area contributed by atoms with E-state index >= 15 is 0 Å². The molecule has 3 nitrogen and oxygen atoms in total. The van der Waals surface area contributed by atoms with Gasteiger partial charge in [-0.05, 0) is 36.6 Å². The molecule has 1 aromatic rings. The van der Waals surface area contributed by atoms with E-state index in [0.717, 1.165) is 37.1 Å². The van der Waals surface area contributed by atoms with E-state index in [1.54, 1.807) is 13.2 Å². The molecule has 0 bridgehead atoms. The third-order valence-corrected chi connectivity index (χ3v) is 2.74. The van der Waals surface area contributed by atoms with Gasteiger partial charge in [0.2, 0.25) is 0 Å². The number of nitrogens with one attached hydrogen (secondary N) is 1. The second-order valence-corrected chi connectivity index (χ2v) is 3.99. The molecule has 0 atom stereocenters. The standard InChI is InChI=1S/C14H21NO2/c1-4-6-9-15-14(16)12-7-8-13(17-3)11(5-2)10-12/h7-8,10H,4-6,9H2,1-3H3,(H,15,16). The number of hydrogen-bond acceptors (Lipinski definition) is 2. The number of benzene rings is 1. The molecule has 0 aliphatic heterocycles. The highest BCUT2D eigenvalue weighted by Crippen LogP contribution is 2.20. The zero-order valence-electron chi connectivity index (χ0n) is 10.9. The monoisotopic (exact) mass is 235 g/mol. The molecule has 0 saturated heterocycles. The highest BCUT2D eigenvalue weighted by molar-refractivity contribution is 5.94. The van der Waals surface area contributed by atoms with Crippen LogP contribution in [0.2, 0.25) is 0 Å². The van der Waals surface area contributed by atoms with E-state index in [-0.39, 0.29) is 5.91 Å². The summed E-state index contributed by atoms with van der Waals surface area (Å²) in [4.78, 5) is 11.8. The topological polar surface area (TPSA) is 38.3 Å². The van der Waals surface area contributed by atoms with Gasteiger partial charge in [0.05, 0.1) is 7.11 Å². The van der Waals surface area contributed by atoms with Crippen LogP contribution in [-0.4, -0.2) is 19.6 Å². The minimum Gasteiger partial charge on any atom is -0.496 e. The quantitative estimate of drug-likeness (QED) is 0.770. The van der Waals surface area contributed by atoms with Gasteiger partial charge in [0.1, 0.15) is 5.75 Å². The van der Waals surface area contributed by atoms with Crippen LogP contribution in [0.15, 0.2) is 18.2 Å². The molecule has 3 heteroatoms. The predicted octanol–water partition coefficient (Wildman–Crippen LogP) is 2.79. The number of methoxy groups -OCH3 is 1. The largest absolute Gasteiger partial charge is 0.496 e. The van der Waals surface area contributed by atoms with E-state index in [1.165, 1.54) is 0 Å². The number of hydrogen-bond donors (Lipinski definition) is 1. The Morgan fingerprint density at radius 3 is 2.71 bits per heavy atom. The highest BCUT2D eigenvalue weighted by atomic mass is 16.5. The Bertz CT molecular complexity index is 374. The van der Waals surface area contributed by atoms with Crippen molar-refractivity contribution in [2.45, 2.75) is 33.1 Å². The Morgan fingerprint density at radius 2 is 2.12 bits per heavy atom. The van der Waals surface area contributed by atoms with Crippen molar-refractivity contribution in [1.82, 2.24) is 5.32 Å². The summed E-state index contributed by atoms with van der Waals surface area (Å²) in [7, 11) is 1.65. The normalized spacial score (nSPS) is 10.1. The summed E-state index contributed by atoms with van der Waals surface area (Å²) in [6.45, 7) is 4.90. The fourth-order valence-corrected chi connectivity index (χ4v) is 1.68. The van der Waals surface area contributed by atoms with Crippen molar-refractivity contribution >= 4 is 5.91 Å². The molecule has 0 spiro atoms. The molecule has 1 rings (SSSR count). The molecule has 1 N–H and O–H groups in total. The van der Waals surface area contributed by atoms with Crippen LogP contribution in [0.1, 0.15) is 42.6 Å². The van der Waals surface area contributed by atoms with Gasteiger partial charge in [-0.3, -0.25) is 4.79 Å². The highest BCUT2D eigenvalue weighted by Gasteiger charge is 2.08. The second kappa shape index (κ2) is 6.94. The molecule has 0 unspecified atom stereocenters. The van der Waals surface area contributed by atoms with E-state index < -0.39 is 0 Å². The number of carbonyl (C=O) groups excluding carboxylic acids is 1. The average molecular weight is 235 g/mol. The summed E-state index contributed by atoms with van der Waals surface area (Å²) in [5.41, 5.74) is 1.77. The molecule has 0 saturated carbocycles. The van der Waals surface area contributed by atoms with Gasteiger partial charge in [0.15, 0.2) is 0 Å². The zero-order chi connectivity index (χ0) is 12.7. The lowest BCUT2D eigenvalue weighted by molar-refractivity contribution is 0.0953. The first kappa shape index (κ1) is 13.6. The molecule has 1 aromatic carbocycles. The molecule has 94 valence electrons. The summed E-state index contributed by atoms with van der Waals surface area (Å²) >= 11 is 0. The van der Waals surface area contributed by atoms with Crippen molar-refractivity contribution in [3.8, 4) is 5.75 Å². The van der Waals surface area contributed by atoms with Gasteiger partial charge in [-0.25, -0.2) is 0 Å². The summed E-state index contributed by atoms with van der Waals surface area (Å²) in [6, 6.07) is 5.56. The smallest absolute Gasteiger partial charge is 0.251 e. The van der Waals surface area contributed by atoms with E-state index in [9.17, 15) is 4.79 Å². The maximum atomic E-state index is 11.8. The second-order valence-electron chi connectivity index (χ2n) is 3.99. The third kappa shape index (κ3) is 3.77. The lowest BCUT2D eigenvalue weighted by Gasteiger charge is -2.09. The van der Waals surface area contributed by atoms with Crippen molar-refractivity contribution in [3.63, 3.8) is 0 Å². The summed E-state index contributed by atoms with van der Waals surface area (Å²) in [5, 5.41) is 2.91. The SMILES string of the molecule is CCCCNC(=O)c1ccc(OC)c(CC)c1. The van der Waals surface area contributed by atoms with Crippen LogP contribution in [0.4, 0.5) is 0 Å². The van der Waals surface area contributed by atoms with E-state index in [1.807, 2.05) is 12.1 Å². The number of carbonyl (C=O) groups is 1. The Hall–Kier alpha value is -1.51. The molecular formula is C14H21NO2. The Kier molecular flexibility index (Phi) is 5.53. The number of amides is 1. The van der Waals surface area contributed by atoms with Crippen molar-refractivity contribution in [1.29, 1.82) is 0 Å². The lowest BCUT2D eigenvalue weighted by atomic mass is 10.1.